The molecule has 2 aliphatic heterocycles. The van der Waals surface area contributed by atoms with E-state index in [4.69, 9.17) is 0 Å². The molecule has 2 saturated heterocycles. The highest BCUT2D eigenvalue weighted by molar-refractivity contribution is 5.37. The van der Waals surface area contributed by atoms with E-state index in [0.717, 1.165) is 50.3 Å². The SMILES string of the molecule is N#Cc1ccccc1CN1CCC(O)(CN2CCCCC2)C1. The normalized spacial score (nSPS) is 26.9. The Labute approximate surface area is 133 Å². The van der Waals surface area contributed by atoms with Gasteiger partial charge in [-0.25, -0.2) is 0 Å². The second-order valence-electron chi connectivity index (χ2n) is 6.79. The summed E-state index contributed by atoms with van der Waals surface area (Å²) in [5.74, 6) is 0. The average molecular weight is 299 g/mol. The molecule has 1 aromatic rings. The van der Waals surface area contributed by atoms with Crippen molar-refractivity contribution in [2.24, 2.45) is 0 Å². The Morgan fingerprint density at radius 3 is 2.64 bits per heavy atom. The maximum absolute atomic E-state index is 10.9. The molecule has 3 rings (SSSR count). The molecule has 0 radical (unpaired) electrons. The van der Waals surface area contributed by atoms with Gasteiger partial charge in [-0.2, -0.15) is 5.26 Å². The van der Waals surface area contributed by atoms with E-state index < -0.39 is 5.60 Å². The Hall–Kier alpha value is -1.41. The molecule has 1 unspecified atom stereocenters. The van der Waals surface area contributed by atoms with Crippen LogP contribution in [0.15, 0.2) is 24.3 Å². The summed E-state index contributed by atoms with van der Waals surface area (Å²) in [4.78, 5) is 4.69. The smallest absolute Gasteiger partial charge is 0.0995 e. The average Bonchev–Trinajstić information content (AvgIpc) is 2.89. The minimum Gasteiger partial charge on any atom is -0.387 e. The summed E-state index contributed by atoms with van der Waals surface area (Å²) in [5, 5.41) is 20.1. The van der Waals surface area contributed by atoms with Gasteiger partial charge in [0.05, 0.1) is 17.2 Å². The Balaban J connectivity index is 1.58. The zero-order chi connectivity index (χ0) is 15.4. The fraction of sp³-hybridized carbons (Fsp3) is 0.611. The van der Waals surface area contributed by atoms with Crippen molar-refractivity contribution in [1.29, 1.82) is 5.26 Å². The molecule has 1 atom stereocenters. The minimum atomic E-state index is -0.584. The molecule has 1 N–H and O–H groups in total. The first-order valence-corrected chi connectivity index (χ1v) is 8.34. The Kier molecular flexibility index (Phi) is 4.77. The van der Waals surface area contributed by atoms with Gasteiger partial charge in [0.25, 0.3) is 0 Å². The van der Waals surface area contributed by atoms with E-state index in [1.807, 2.05) is 24.3 Å². The van der Waals surface area contributed by atoms with Gasteiger partial charge in [-0.3, -0.25) is 4.90 Å². The molecule has 1 aromatic carbocycles. The number of hydrogen-bond acceptors (Lipinski definition) is 4. The quantitative estimate of drug-likeness (QED) is 0.923. The molecule has 4 heteroatoms. The summed E-state index contributed by atoms with van der Waals surface area (Å²) in [5.41, 5.74) is 1.22. The summed E-state index contributed by atoms with van der Waals surface area (Å²) < 4.78 is 0. The lowest BCUT2D eigenvalue weighted by Crippen LogP contribution is -2.46. The van der Waals surface area contributed by atoms with E-state index in [2.05, 4.69) is 15.9 Å². The molecule has 0 saturated carbocycles. The largest absolute Gasteiger partial charge is 0.387 e. The third-order valence-electron chi connectivity index (χ3n) is 4.91. The lowest BCUT2D eigenvalue weighted by Gasteiger charge is -2.33. The van der Waals surface area contributed by atoms with Crippen molar-refractivity contribution >= 4 is 0 Å². The van der Waals surface area contributed by atoms with Crippen molar-refractivity contribution in [3.63, 3.8) is 0 Å². The maximum Gasteiger partial charge on any atom is 0.0995 e. The van der Waals surface area contributed by atoms with Crippen LogP contribution in [0.25, 0.3) is 0 Å². The second kappa shape index (κ2) is 6.78. The van der Waals surface area contributed by atoms with Crippen LogP contribution in [0.1, 0.15) is 36.8 Å². The molecule has 2 aliphatic rings. The topological polar surface area (TPSA) is 50.5 Å². The molecule has 4 nitrogen and oxygen atoms in total. The van der Waals surface area contributed by atoms with E-state index >= 15 is 0 Å². The van der Waals surface area contributed by atoms with Crippen molar-refractivity contribution in [3.05, 3.63) is 35.4 Å². The molecule has 2 fully saturated rings. The van der Waals surface area contributed by atoms with Crippen LogP contribution in [0.4, 0.5) is 0 Å². The van der Waals surface area contributed by atoms with Crippen LogP contribution in [0.5, 0.6) is 0 Å². The number of aliphatic hydroxyl groups is 1. The number of likely N-dealkylation sites (tertiary alicyclic amines) is 2. The molecule has 22 heavy (non-hydrogen) atoms. The van der Waals surface area contributed by atoms with Crippen molar-refractivity contribution in [2.75, 3.05) is 32.7 Å². The van der Waals surface area contributed by atoms with E-state index in [-0.39, 0.29) is 0 Å². The standard InChI is InChI=1S/C18H25N3O/c19-12-16-6-2-3-7-17(16)13-21-11-8-18(22,15-21)14-20-9-4-1-5-10-20/h2-3,6-7,22H,1,4-5,8-11,13-15H2. The van der Waals surface area contributed by atoms with Gasteiger partial charge < -0.3 is 10.0 Å². The molecule has 2 heterocycles. The minimum absolute atomic E-state index is 0.584. The van der Waals surface area contributed by atoms with Gasteiger partial charge in [0.1, 0.15) is 0 Å². The number of nitrogens with zero attached hydrogens (tertiary/aromatic N) is 3. The number of benzene rings is 1. The fourth-order valence-electron chi connectivity index (χ4n) is 3.75. The predicted molar refractivity (Wildman–Crippen MR) is 86.3 cm³/mol. The molecule has 0 aromatic heterocycles. The zero-order valence-corrected chi connectivity index (χ0v) is 13.2. The van der Waals surface area contributed by atoms with E-state index in [9.17, 15) is 10.4 Å². The molecule has 118 valence electrons. The number of nitriles is 1. The summed E-state index contributed by atoms with van der Waals surface area (Å²) in [6.45, 7) is 5.42. The molecular formula is C18H25N3O. The van der Waals surface area contributed by atoms with Gasteiger partial charge >= 0.3 is 0 Å². The summed E-state index contributed by atoms with van der Waals surface area (Å²) in [6.07, 6.45) is 4.68. The first-order valence-electron chi connectivity index (χ1n) is 8.34. The van der Waals surface area contributed by atoms with Crippen LogP contribution in [-0.2, 0) is 6.54 Å². The second-order valence-corrected chi connectivity index (χ2v) is 6.79. The number of rotatable bonds is 4. The lowest BCUT2D eigenvalue weighted by molar-refractivity contribution is 0.00634. The highest BCUT2D eigenvalue weighted by Gasteiger charge is 2.37. The van der Waals surface area contributed by atoms with Gasteiger partial charge in [0.2, 0.25) is 0 Å². The van der Waals surface area contributed by atoms with Crippen molar-refractivity contribution in [1.82, 2.24) is 9.80 Å². The van der Waals surface area contributed by atoms with E-state index in [1.165, 1.54) is 19.3 Å². The van der Waals surface area contributed by atoms with Crippen LogP contribution in [-0.4, -0.2) is 53.2 Å². The number of hydrogen-bond donors (Lipinski definition) is 1. The van der Waals surface area contributed by atoms with Gasteiger partial charge in [-0.05, 0) is 44.0 Å². The summed E-state index contributed by atoms with van der Waals surface area (Å²) in [6, 6.07) is 10.0. The van der Waals surface area contributed by atoms with Gasteiger partial charge in [0.15, 0.2) is 0 Å². The van der Waals surface area contributed by atoms with Crippen LogP contribution in [0, 0.1) is 11.3 Å². The molecule has 0 spiro atoms. The van der Waals surface area contributed by atoms with Crippen LogP contribution >= 0.6 is 0 Å². The molecular weight excluding hydrogens is 274 g/mol. The van der Waals surface area contributed by atoms with Crippen LogP contribution in [0.2, 0.25) is 0 Å². The zero-order valence-electron chi connectivity index (χ0n) is 13.2. The molecule has 0 bridgehead atoms. The summed E-state index contributed by atoms with van der Waals surface area (Å²) in [7, 11) is 0. The third kappa shape index (κ3) is 3.67. The number of piperidine rings is 1. The monoisotopic (exact) mass is 299 g/mol. The fourth-order valence-corrected chi connectivity index (χ4v) is 3.75. The van der Waals surface area contributed by atoms with Gasteiger partial charge in [-0.15, -0.1) is 0 Å². The third-order valence-corrected chi connectivity index (χ3v) is 4.91. The maximum atomic E-state index is 10.9. The Bertz CT molecular complexity index is 548. The van der Waals surface area contributed by atoms with Crippen molar-refractivity contribution < 1.29 is 5.11 Å². The van der Waals surface area contributed by atoms with E-state index in [0.29, 0.717) is 6.54 Å². The van der Waals surface area contributed by atoms with E-state index in [1.54, 1.807) is 0 Å². The van der Waals surface area contributed by atoms with Crippen molar-refractivity contribution in [3.8, 4) is 6.07 Å². The molecule has 0 amide bonds. The van der Waals surface area contributed by atoms with Crippen LogP contribution in [0.3, 0.4) is 0 Å². The predicted octanol–water partition coefficient (Wildman–Crippen LogP) is 1.98. The Morgan fingerprint density at radius 2 is 1.86 bits per heavy atom. The highest BCUT2D eigenvalue weighted by Crippen LogP contribution is 2.26. The summed E-state index contributed by atoms with van der Waals surface area (Å²) >= 11 is 0. The molecule has 0 aliphatic carbocycles. The van der Waals surface area contributed by atoms with Gasteiger partial charge in [-0.1, -0.05) is 24.6 Å². The van der Waals surface area contributed by atoms with Crippen LogP contribution < -0.4 is 0 Å². The number of β-amino-alcohol motifs (C(OH)–C–C–N with tert-alkyl or cyclic N) is 1. The van der Waals surface area contributed by atoms with Crippen molar-refractivity contribution in [2.45, 2.75) is 37.8 Å². The van der Waals surface area contributed by atoms with Gasteiger partial charge in [0, 0.05) is 26.2 Å². The first-order chi connectivity index (χ1) is 10.7. The lowest BCUT2D eigenvalue weighted by atomic mass is 10.0. The Morgan fingerprint density at radius 1 is 1.09 bits per heavy atom. The first kappa shape index (κ1) is 15.5. The highest BCUT2D eigenvalue weighted by atomic mass is 16.3.